The van der Waals surface area contributed by atoms with Crippen molar-refractivity contribution in [1.82, 2.24) is 14.8 Å². The first-order valence-electron chi connectivity index (χ1n) is 3.81. The third-order valence-electron chi connectivity index (χ3n) is 1.59. The van der Waals surface area contributed by atoms with Gasteiger partial charge in [-0.3, -0.25) is 0 Å². The van der Waals surface area contributed by atoms with Crippen LogP contribution in [0.1, 0.15) is 5.56 Å². The van der Waals surface area contributed by atoms with Crippen LogP contribution in [0.2, 0.25) is 5.15 Å². The molecule has 2 aromatic rings. The van der Waals surface area contributed by atoms with Gasteiger partial charge in [0.15, 0.2) is 5.82 Å². The van der Waals surface area contributed by atoms with Crippen LogP contribution in [0.15, 0.2) is 24.5 Å². The van der Waals surface area contributed by atoms with Crippen LogP contribution in [0.25, 0.3) is 5.82 Å². The molecule has 0 aromatic carbocycles. The Morgan fingerprint density at radius 3 is 3.00 bits per heavy atom. The second-order valence-electron chi connectivity index (χ2n) is 2.70. The van der Waals surface area contributed by atoms with Gasteiger partial charge in [0.05, 0.1) is 6.20 Å². The van der Waals surface area contributed by atoms with Crippen molar-refractivity contribution in [3.63, 3.8) is 0 Å². The minimum absolute atomic E-state index is 0.352. The zero-order valence-corrected chi connectivity index (χ0v) is 7.78. The highest BCUT2D eigenvalue weighted by atomic mass is 35.5. The molecule has 3 nitrogen and oxygen atoms in total. The van der Waals surface area contributed by atoms with Crippen LogP contribution in [0.3, 0.4) is 0 Å². The van der Waals surface area contributed by atoms with Crippen molar-refractivity contribution in [1.29, 1.82) is 0 Å². The summed E-state index contributed by atoms with van der Waals surface area (Å²) in [5, 5.41) is 4.46. The van der Waals surface area contributed by atoms with E-state index < -0.39 is 0 Å². The summed E-state index contributed by atoms with van der Waals surface area (Å²) >= 11 is 5.69. The SMILES string of the molecule is Cc1cnn(-c2cc[c]c(Cl)n2)c1. The van der Waals surface area contributed by atoms with E-state index in [0.717, 1.165) is 5.56 Å². The normalized spacial score (nSPS) is 10.3. The second kappa shape index (κ2) is 3.18. The molecule has 0 spiro atoms. The van der Waals surface area contributed by atoms with Gasteiger partial charge in [-0.05, 0) is 24.6 Å². The lowest BCUT2D eigenvalue weighted by atomic mass is 10.4. The largest absolute Gasteiger partial charge is 0.222 e. The lowest BCUT2D eigenvalue weighted by Crippen LogP contribution is -1.97. The Balaban J connectivity index is 2.46. The van der Waals surface area contributed by atoms with Crippen molar-refractivity contribution in [2.75, 3.05) is 0 Å². The van der Waals surface area contributed by atoms with E-state index in [2.05, 4.69) is 16.1 Å². The molecular weight excluding hydrogens is 186 g/mol. The maximum Gasteiger partial charge on any atom is 0.155 e. The highest BCUT2D eigenvalue weighted by Gasteiger charge is 1.99. The number of halogens is 1. The summed E-state index contributed by atoms with van der Waals surface area (Å²) in [6.45, 7) is 1.97. The van der Waals surface area contributed by atoms with Gasteiger partial charge in [-0.15, -0.1) is 0 Å². The summed E-state index contributed by atoms with van der Waals surface area (Å²) in [5.74, 6) is 0.705. The van der Waals surface area contributed by atoms with Crippen LogP contribution in [0.5, 0.6) is 0 Å². The zero-order valence-electron chi connectivity index (χ0n) is 7.03. The van der Waals surface area contributed by atoms with E-state index in [1.165, 1.54) is 0 Å². The summed E-state index contributed by atoms with van der Waals surface area (Å²) in [4.78, 5) is 4.07. The van der Waals surface area contributed by atoms with E-state index in [0.29, 0.717) is 11.0 Å². The van der Waals surface area contributed by atoms with Crippen LogP contribution >= 0.6 is 11.6 Å². The number of nitrogens with zero attached hydrogens (tertiary/aromatic N) is 3. The monoisotopic (exact) mass is 192 g/mol. The average Bonchev–Trinajstić information content (AvgIpc) is 2.52. The van der Waals surface area contributed by atoms with E-state index in [-0.39, 0.29) is 0 Å². The van der Waals surface area contributed by atoms with Crippen LogP contribution in [0, 0.1) is 13.0 Å². The van der Waals surface area contributed by atoms with Crippen LogP contribution < -0.4 is 0 Å². The Kier molecular flexibility index (Phi) is 2.02. The van der Waals surface area contributed by atoms with E-state index in [1.54, 1.807) is 23.0 Å². The smallest absolute Gasteiger partial charge is 0.155 e. The third-order valence-corrected chi connectivity index (χ3v) is 1.79. The molecule has 2 rings (SSSR count). The van der Waals surface area contributed by atoms with Gasteiger partial charge in [0, 0.05) is 12.3 Å². The number of rotatable bonds is 1. The van der Waals surface area contributed by atoms with Crippen LogP contribution in [-0.4, -0.2) is 14.8 Å². The lowest BCUT2D eigenvalue weighted by Gasteiger charge is -1.98. The van der Waals surface area contributed by atoms with E-state index in [9.17, 15) is 0 Å². The molecule has 0 saturated carbocycles. The molecule has 0 saturated heterocycles. The van der Waals surface area contributed by atoms with Gasteiger partial charge < -0.3 is 0 Å². The molecule has 0 unspecified atom stereocenters. The molecule has 0 aliphatic rings. The van der Waals surface area contributed by atoms with Crippen molar-refractivity contribution in [2.24, 2.45) is 0 Å². The van der Waals surface area contributed by atoms with Crippen molar-refractivity contribution >= 4 is 11.6 Å². The minimum atomic E-state index is 0.352. The molecule has 0 amide bonds. The predicted octanol–water partition coefficient (Wildman–Crippen LogP) is 2.03. The molecule has 2 heterocycles. The maximum absolute atomic E-state index is 5.69. The Morgan fingerprint density at radius 1 is 1.54 bits per heavy atom. The molecule has 0 fully saturated rings. The number of aryl methyl sites for hydroxylation is 1. The molecule has 0 atom stereocenters. The first kappa shape index (κ1) is 8.26. The van der Waals surface area contributed by atoms with Gasteiger partial charge in [-0.25, -0.2) is 9.67 Å². The topological polar surface area (TPSA) is 30.7 Å². The highest BCUT2D eigenvalue weighted by Crippen LogP contribution is 2.08. The molecule has 0 N–H and O–H groups in total. The van der Waals surface area contributed by atoms with E-state index in [4.69, 9.17) is 11.6 Å². The van der Waals surface area contributed by atoms with Crippen molar-refractivity contribution in [2.45, 2.75) is 6.92 Å². The zero-order chi connectivity index (χ0) is 9.26. The summed E-state index contributed by atoms with van der Waals surface area (Å²) in [5.41, 5.74) is 1.09. The third kappa shape index (κ3) is 1.70. The molecular formula is C9H7ClN3. The summed E-state index contributed by atoms with van der Waals surface area (Å²) in [6, 6.07) is 6.29. The lowest BCUT2D eigenvalue weighted by molar-refractivity contribution is 0.846. The van der Waals surface area contributed by atoms with Crippen molar-refractivity contribution < 1.29 is 0 Å². The fourth-order valence-electron chi connectivity index (χ4n) is 1.02. The van der Waals surface area contributed by atoms with E-state index >= 15 is 0 Å². The van der Waals surface area contributed by atoms with Gasteiger partial charge in [-0.1, -0.05) is 11.6 Å². The second-order valence-corrected chi connectivity index (χ2v) is 3.06. The molecule has 0 aliphatic carbocycles. The molecule has 0 aliphatic heterocycles. The molecule has 4 heteroatoms. The molecule has 13 heavy (non-hydrogen) atoms. The van der Waals surface area contributed by atoms with Crippen LogP contribution in [0.4, 0.5) is 0 Å². The van der Waals surface area contributed by atoms with Gasteiger partial charge in [0.1, 0.15) is 5.15 Å². The maximum atomic E-state index is 5.69. The predicted molar refractivity (Wildman–Crippen MR) is 49.9 cm³/mol. The van der Waals surface area contributed by atoms with Crippen molar-refractivity contribution in [3.8, 4) is 5.82 Å². The number of pyridine rings is 1. The Labute approximate surface area is 81.0 Å². The first-order chi connectivity index (χ1) is 6.25. The van der Waals surface area contributed by atoms with E-state index in [1.807, 2.05) is 13.1 Å². The number of aromatic nitrogens is 3. The molecule has 65 valence electrons. The Bertz CT molecular complexity index is 422. The quantitative estimate of drug-likeness (QED) is 0.648. The van der Waals surface area contributed by atoms with Crippen LogP contribution in [-0.2, 0) is 0 Å². The highest BCUT2D eigenvalue weighted by molar-refractivity contribution is 6.29. The van der Waals surface area contributed by atoms with Gasteiger partial charge in [0.2, 0.25) is 0 Å². The molecule has 1 radical (unpaired) electrons. The minimum Gasteiger partial charge on any atom is -0.222 e. The summed E-state index contributed by atoms with van der Waals surface area (Å²) in [7, 11) is 0. The summed E-state index contributed by atoms with van der Waals surface area (Å²) < 4.78 is 1.68. The van der Waals surface area contributed by atoms with Crippen molar-refractivity contribution in [3.05, 3.63) is 41.3 Å². The fraction of sp³-hybridized carbons (Fsp3) is 0.111. The first-order valence-corrected chi connectivity index (χ1v) is 4.19. The molecule has 0 bridgehead atoms. The van der Waals surface area contributed by atoms with Gasteiger partial charge in [0.25, 0.3) is 0 Å². The Hall–Kier alpha value is -1.35. The summed E-state index contributed by atoms with van der Waals surface area (Å²) in [6.07, 6.45) is 3.66. The number of hydrogen-bond acceptors (Lipinski definition) is 2. The Morgan fingerprint density at radius 2 is 2.38 bits per heavy atom. The molecule has 2 aromatic heterocycles. The van der Waals surface area contributed by atoms with Gasteiger partial charge in [-0.2, -0.15) is 5.10 Å². The number of hydrogen-bond donors (Lipinski definition) is 0. The van der Waals surface area contributed by atoms with Gasteiger partial charge >= 0.3 is 0 Å². The average molecular weight is 193 g/mol. The fourth-order valence-corrected chi connectivity index (χ4v) is 1.17. The standard InChI is InChI=1S/C9H7ClN3/c1-7-5-11-13(6-7)9-4-2-3-8(10)12-9/h2,4-6H,1H3.